The average molecular weight is 276 g/mol. The second kappa shape index (κ2) is 5.83. The van der Waals surface area contributed by atoms with E-state index in [0.717, 1.165) is 31.2 Å². The second-order valence-corrected chi connectivity index (χ2v) is 6.28. The quantitative estimate of drug-likeness (QED) is 0.791. The molecule has 0 saturated heterocycles. The number of hydrogen-bond acceptors (Lipinski definition) is 2. The van der Waals surface area contributed by atoms with Gasteiger partial charge in [-0.1, -0.05) is 43.2 Å². The number of carbonyl (C=O) groups excluding carboxylic acids is 1. The minimum atomic E-state index is -0.611. The standard InChI is InChI=1S/C16H24N2O2/c1-15(2,12-19)17-14(20)18-16(10-6-7-11-16)13-8-4-3-5-9-13/h3-5,8-9,19H,6-7,10-12H2,1-2H3,(H2,17,18,20). The predicted molar refractivity (Wildman–Crippen MR) is 79.4 cm³/mol. The van der Waals surface area contributed by atoms with Gasteiger partial charge in [-0.3, -0.25) is 0 Å². The number of nitrogens with one attached hydrogen (secondary N) is 2. The van der Waals surface area contributed by atoms with E-state index in [9.17, 15) is 9.90 Å². The molecule has 0 heterocycles. The van der Waals surface area contributed by atoms with Crippen LogP contribution in [0, 0.1) is 0 Å². The summed E-state index contributed by atoms with van der Waals surface area (Å²) in [6.07, 6.45) is 4.17. The lowest BCUT2D eigenvalue weighted by Crippen LogP contribution is -2.55. The Labute approximate surface area is 120 Å². The summed E-state index contributed by atoms with van der Waals surface area (Å²) < 4.78 is 0. The van der Waals surface area contributed by atoms with Crippen LogP contribution >= 0.6 is 0 Å². The van der Waals surface area contributed by atoms with Gasteiger partial charge in [-0.05, 0) is 32.3 Å². The van der Waals surface area contributed by atoms with Crippen LogP contribution in [0.2, 0.25) is 0 Å². The molecule has 110 valence electrons. The highest BCUT2D eigenvalue weighted by molar-refractivity contribution is 5.76. The third kappa shape index (κ3) is 3.31. The minimum Gasteiger partial charge on any atom is -0.394 e. The highest BCUT2D eigenvalue weighted by Crippen LogP contribution is 2.38. The predicted octanol–water partition coefficient (Wildman–Crippen LogP) is 2.53. The fourth-order valence-electron chi connectivity index (χ4n) is 2.82. The number of urea groups is 1. The molecule has 3 N–H and O–H groups in total. The number of benzene rings is 1. The normalized spacial score (nSPS) is 17.8. The Kier molecular flexibility index (Phi) is 4.33. The first-order chi connectivity index (χ1) is 9.47. The van der Waals surface area contributed by atoms with Crippen LogP contribution in [0.5, 0.6) is 0 Å². The van der Waals surface area contributed by atoms with E-state index in [0.29, 0.717) is 0 Å². The Morgan fingerprint density at radius 2 is 1.85 bits per heavy atom. The first-order valence-corrected chi connectivity index (χ1v) is 7.24. The molecule has 1 saturated carbocycles. The molecule has 4 nitrogen and oxygen atoms in total. The van der Waals surface area contributed by atoms with E-state index in [-0.39, 0.29) is 18.2 Å². The van der Waals surface area contributed by atoms with Crippen LogP contribution in [0.3, 0.4) is 0 Å². The van der Waals surface area contributed by atoms with Gasteiger partial charge >= 0.3 is 6.03 Å². The lowest BCUT2D eigenvalue weighted by molar-refractivity contribution is 0.175. The zero-order chi connectivity index (χ0) is 14.6. The largest absolute Gasteiger partial charge is 0.394 e. The Balaban J connectivity index is 2.13. The lowest BCUT2D eigenvalue weighted by atomic mass is 9.88. The fourth-order valence-corrected chi connectivity index (χ4v) is 2.82. The molecule has 0 spiro atoms. The summed E-state index contributed by atoms with van der Waals surface area (Å²) >= 11 is 0. The molecule has 1 aromatic rings. The van der Waals surface area contributed by atoms with Crippen molar-refractivity contribution in [1.29, 1.82) is 0 Å². The third-order valence-corrected chi connectivity index (χ3v) is 3.98. The lowest BCUT2D eigenvalue weighted by Gasteiger charge is -2.33. The Hall–Kier alpha value is -1.55. The zero-order valence-corrected chi connectivity index (χ0v) is 12.3. The fraction of sp³-hybridized carbons (Fsp3) is 0.562. The molecule has 1 aliphatic rings. The SMILES string of the molecule is CC(C)(CO)NC(=O)NC1(c2ccccc2)CCCC1. The number of aliphatic hydroxyl groups is 1. The van der Waals surface area contributed by atoms with Gasteiger partial charge in [-0.2, -0.15) is 0 Å². The van der Waals surface area contributed by atoms with E-state index in [2.05, 4.69) is 22.8 Å². The maximum absolute atomic E-state index is 12.2. The summed E-state index contributed by atoms with van der Waals surface area (Å²) in [6, 6.07) is 9.93. The highest BCUT2D eigenvalue weighted by atomic mass is 16.3. The number of rotatable bonds is 4. The molecule has 0 bridgehead atoms. The van der Waals surface area contributed by atoms with Crippen LogP contribution in [-0.4, -0.2) is 23.3 Å². The van der Waals surface area contributed by atoms with Crippen molar-refractivity contribution in [1.82, 2.24) is 10.6 Å². The van der Waals surface area contributed by atoms with Crippen molar-refractivity contribution in [3.05, 3.63) is 35.9 Å². The first-order valence-electron chi connectivity index (χ1n) is 7.24. The van der Waals surface area contributed by atoms with Crippen molar-refractivity contribution < 1.29 is 9.90 Å². The van der Waals surface area contributed by atoms with Crippen molar-refractivity contribution in [2.24, 2.45) is 0 Å². The van der Waals surface area contributed by atoms with Crippen LogP contribution in [0.1, 0.15) is 45.1 Å². The monoisotopic (exact) mass is 276 g/mol. The highest BCUT2D eigenvalue weighted by Gasteiger charge is 2.37. The molecule has 20 heavy (non-hydrogen) atoms. The summed E-state index contributed by atoms with van der Waals surface area (Å²) in [5, 5.41) is 15.2. The molecule has 2 rings (SSSR count). The van der Waals surface area contributed by atoms with Gasteiger partial charge in [0, 0.05) is 0 Å². The molecule has 2 amide bonds. The van der Waals surface area contributed by atoms with Crippen molar-refractivity contribution in [3.63, 3.8) is 0 Å². The van der Waals surface area contributed by atoms with Crippen molar-refractivity contribution in [2.45, 2.75) is 50.6 Å². The maximum Gasteiger partial charge on any atom is 0.315 e. The molecule has 0 atom stereocenters. The zero-order valence-electron chi connectivity index (χ0n) is 12.3. The van der Waals surface area contributed by atoms with E-state index >= 15 is 0 Å². The smallest absolute Gasteiger partial charge is 0.315 e. The van der Waals surface area contributed by atoms with Crippen LogP contribution < -0.4 is 10.6 Å². The van der Waals surface area contributed by atoms with Gasteiger partial charge < -0.3 is 15.7 Å². The second-order valence-electron chi connectivity index (χ2n) is 6.28. The molecule has 1 aliphatic carbocycles. The summed E-state index contributed by atoms with van der Waals surface area (Å²) in [5.74, 6) is 0. The first kappa shape index (κ1) is 14.9. The molecule has 0 unspecified atom stereocenters. The average Bonchev–Trinajstić information content (AvgIpc) is 2.89. The third-order valence-electron chi connectivity index (χ3n) is 3.98. The van der Waals surface area contributed by atoms with Gasteiger partial charge in [0.1, 0.15) is 0 Å². The van der Waals surface area contributed by atoms with Gasteiger partial charge in [0.2, 0.25) is 0 Å². The van der Waals surface area contributed by atoms with Gasteiger partial charge in [-0.15, -0.1) is 0 Å². The molecule has 4 heteroatoms. The van der Waals surface area contributed by atoms with Crippen molar-refractivity contribution in [3.8, 4) is 0 Å². The Morgan fingerprint density at radius 3 is 2.40 bits per heavy atom. The maximum atomic E-state index is 12.2. The van der Waals surface area contributed by atoms with Crippen LogP contribution in [0.25, 0.3) is 0 Å². The molecule has 1 fully saturated rings. The van der Waals surface area contributed by atoms with Gasteiger partial charge in [0.15, 0.2) is 0 Å². The summed E-state index contributed by atoms with van der Waals surface area (Å²) in [5.41, 5.74) is 0.284. The molecule has 0 radical (unpaired) electrons. The van der Waals surface area contributed by atoms with E-state index in [1.165, 1.54) is 0 Å². The Bertz CT molecular complexity index is 451. The molecule has 0 aromatic heterocycles. The molecular weight excluding hydrogens is 252 g/mol. The molecule has 0 aliphatic heterocycles. The van der Waals surface area contributed by atoms with Crippen molar-refractivity contribution >= 4 is 6.03 Å². The molecular formula is C16H24N2O2. The summed E-state index contributed by atoms with van der Waals surface area (Å²) in [4.78, 5) is 12.2. The van der Waals surface area contributed by atoms with Gasteiger partial charge in [0.25, 0.3) is 0 Å². The number of aliphatic hydroxyl groups excluding tert-OH is 1. The van der Waals surface area contributed by atoms with Crippen LogP contribution in [0.4, 0.5) is 4.79 Å². The number of amides is 2. The van der Waals surface area contributed by atoms with Crippen LogP contribution in [0.15, 0.2) is 30.3 Å². The van der Waals surface area contributed by atoms with Gasteiger partial charge in [0.05, 0.1) is 17.7 Å². The Morgan fingerprint density at radius 1 is 1.25 bits per heavy atom. The van der Waals surface area contributed by atoms with E-state index < -0.39 is 5.54 Å². The minimum absolute atomic E-state index is 0.0846. The van der Waals surface area contributed by atoms with E-state index in [4.69, 9.17) is 0 Å². The van der Waals surface area contributed by atoms with Gasteiger partial charge in [-0.25, -0.2) is 4.79 Å². The number of carbonyl (C=O) groups is 1. The summed E-state index contributed by atoms with van der Waals surface area (Å²) in [6.45, 7) is 3.52. The van der Waals surface area contributed by atoms with Crippen molar-refractivity contribution in [2.75, 3.05) is 6.61 Å². The topological polar surface area (TPSA) is 61.4 Å². The summed E-state index contributed by atoms with van der Waals surface area (Å²) in [7, 11) is 0. The molecule has 1 aromatic carbocycles. The number of hydrogen-bond donors (Lipinski definition) is 3. The van der Waals surface area contributed by atoms with Crippen LogP contribution in [-0.2, 0) is 5.54 Å². The van der Waals surface area contributed by atoms with E-state index in [1.807, 2.05) is 18.2 Å². The van der Waals surface area contributed by atoms with E-state index in [1.54, 1.807) is 13.8 Å².